The van der Waals surface area contributed by atoms with Gasteiger partial charge in [-0.05, 0) is 37.5 Å². The molecular weight excluding hydrogens is 226 g/mol. The van der Waals surface area contributed by atoms with E-state index < -0.39 is 5.91 Å². The molecule has 0 radical (unpaired) electrons. The summed E-state index contributed by atoms with van der Waals surface area (Å²) in [6.45, 7) is 3.21. The fraction of sp³-hybridized carbons (Fsp3) is 0.500. The standard InChI is InChI=1S/C14H21N3O/c1-2-3-8-17(11-5-6-11)13-7-4-10(14(16)18)9-12(13)15/h4,7,9,11H,2-3,5-6,8,15H2,1H3,(H2,16,18). The Morgan fingerprint density at radius 1 is 1.44 bits per heavy atom. The second-order valence-electron chi connectivity index (χ2n) is 4.92. The van der Waals surface area contributed by atoms with Crippen molar-refractivity contribution in [1.29, 1.82) is 0 Å². The van der Waals surface area contributed by atoms with Gasteiger partial charge in [-0.15, -0.1) is 0 Å². The molecule has 1 saturated carbocycles. The molecule has 0 unspecified atom stereocenters. The Morgan fingerprint density at radius 3 is 2.67 bits per heavy atom. The van der Waals surface area contributed by atoms with Crippen LogP contribution < -0.4 is 16.4 Å². The number of benzene rings is 1. The molecule has 18 heavy (non-hydrogen) atoms. The van der Waals surface area contributed by atoms with E-state index in [1.165, 1.54) is 19.3 Å². The summed E-state index contributed by atoms with van der Waals surface area (Å²) in [5, 5.41) is 0. The number of anilines is 2. The first-order valence-electron chi connectivity index (χ1n) is 6.59. The van der Waals surface area contributed by atoms with Crippen LogP contribution in [0.2, 0.25) is 0 Å². The number of carbonyl (C=O) groups excluding carboxylic acids is 1. The second kappa shape index (κ2) is 5.29. The molecule has 4 heteroatoms. The quantitative estimate of drug-likeness (QED) is 0.756. The predicted octanol–water partition coefficient (Wildman–Crippen LogP) is 2.14. The lowest BCUT2D eigenvalue weighted by atomic mass is 10.1. The summed E-state index contributed by atoms with van der Waals surface area (Å²) in [5.74, 6) is -0.431. The van der Waals surface area contributed by atoms with E-state index >= 15 is 0 Å². The van der Waals surface area contributed by atoms with Gasteiger partial charge in [-0.25, -0.2) is 0 Å². The van der Waals surface area contributed by atoms with Crippen LogP contribution in [0.15, 0.2) is 18.2 Å². The molecule has 98 valence electrons. The summed E-state index contributed by atoms with van der Waals surface area (Å²) < 4.78 is 0. The Morgan fingerprint density at radius 2 is 2.17 bits per heavy atom. The molecule has 1 amide bonds. The van der Waals surface area contributed by atoms with Crippen LogP contribution in [0.5, 0.6) is 0 Å². The van der Waals surface area contributed by atoms with E-state index in [-0.39, 0.29) is 0 Å². The minimum absolute atomic E-state index is 0.431. The highest BCUT2D eigenvalue weighted by atomic mass is 16.1. The number of nitrogens with zero attached hydrogens (tertiary/aromatic N) is 1. The third-order valence-corrected chi connectivity index (χ3v) is 3.36. The normalized spacial score (nSPS) is 14.5. The Bertz CT molecular complexity index is 441. The van der Waals surface area contributed by atoms with Crippen molar-refractivity contribution in [3.8, 4) is 0 Å². The van der Waals surface area contributed by atoms with Crippen LogP contribution in [0.4, 0.5) is 11.4 Å². The second-order valence-corrected chi connectivity index (χ2v) is 4.92. The molecule has 0 heterocycles. The maximum absolute atomic E-state index is 11.1. The van der Waals surface area contributed by atoms with E-state index in [1.54, 1.807) is 12.1 Å². The number of nitrogen functional groups attached to an aromatic ring is 1. The zero-order valence-electron chi connectivity index (χ0n) is 10.9. The van der Waals surface area contributed by atoms with Crippen molar-refractivity contribution in [2.45, 2.75) is 38.6 Å². The maximum Gasteiger partial charge on any atom is 0.248 e. The molecule has 0 bridgehead atoms. The number of hydrogen-bond acceptors (Lipinski definition) is 3. The molecule has 0 spiro atoms. The van der Waals surface area contributed by atoms with Crippen LogP contribution in [0.1, 0.15) is 43.0 Å². The van der Waals surface area contributed by atoms with Gasteiger partial charge in [0.2, 0.25) is 5.91 Å². The lowest BCUT2D eigenvalue weighted by Gasteiger charge is -2.26. The number of nitrogens with two attached hydrogens (primary N) is 2. The largest absolute Gasteiger partial charge is 0.397 e. The molecule has 1 aliphatic carbocycles. The summed E-state index contributed by atoms with van der Waals surface area (Å²) in [4.78, 5) is 13.5. The van der Waals surface area contributed by atoms with Crippen molar-refractivity contribution in [2.75, 3.05) is 17.2 Å². The highest BCUT2D eigenvalue weighted by molar-refractivity contribution is 5.95. The Kier molecular flexibility index (Phi) is 3.75. The number of primary amides is 1. The summed E-state index contributed by atoms with van der Waals surface area (Å²) in [5.41, 5.74) is 13.5. The van der Waals surface area contributed by atoms with Gasteiger partial charge < -0.3 is 16.4 Å². The van der Waals surface area contributed by atoms with Crippen LogP contribution in [0.3, 0.4) is 0 Å². The van der Waals surface area contributed by atoms with Crippen molar-refractivity contribution in [1.82, 2.24) is 0 Å². The van der Waals surface area contributed by atoms with Crippen molar-refractivity contribution >= 4 is 17.3 Å². The average Bonchev–Trinajstić information content (AvgIpc) is 3.15. The average molecular weight is 247 g/mol. The SMILES string of the molecule is CCCCN(c1ccc(C(N)=O)cc1N)C1CC1. The molecule has 0 aromatic heterocycles. The monoisotopic (exact) mass is 247 g/mol. The molecule has 2 rings (SSSR count). The van der Waals surface area contributed by atoms with Crippen LogP contribution in [0.25, 0.3) is 0 Å². The zero-order valence-corrected chi connectivity index (χ0v) is 10.9. The van der Waals surface area contributed by atoms with E-state index in [0.717, 1.165) is 18.7 Å². The first kappa shape index (κ1) is 12.7. The van der Waals surface area contributed by atoms with Crippen LogP contribution in [-0.2, 0) is 0 Å². The molecule has 0 saturated heterocycles. The highest BCUT2D eigenvalue weighted by Gasteiger charge is 2.29. The summed E-state index contributed by atoms with van der Waals surface area (Å²) in [7, 11) is 0. The van der Waals surface area contributed by atoms with Gasteiger partial charge in [-0.3, -0.25) is 4.79 Å². The predicted molar refractivity (Wildman–Crippen MR) is 74.6 cm³/mol. The summed E-state index contributed by atoms with van der Waals surface area (Å²) in [6, 6.07) is 5.98. The van der Waals surface area contributed by atoms with Crippen molar-refractivity contribution in [3.63, 3.8) is 0 Å². The Labute approximate surface area is 108 Å². The van der Waals surface area contributed by atoms with Crippen LogP contribution in [0, 0.1) is 0 Å². The van der Waals surface area contributed by atoms with Gasteiger partial charge in [-0.1, -0.05) is 13.3 Å². The molecule has 1 aromatic rings. The first-order chi connectivity index (χ1) is 8.63. The van der Waals surface area contributed by atoms with E-state index in [9.17, 15) is 4.79 Å². The van der Waals surface area contributed by atoms with E-state index in [1.807, 2.05) is 6.07 Å². The number of amides is 1. The maximum atomic E-state index is 11.1. The van der Waals surface area contributed by atoms with Gasteiger partial charge in [0.05, 0.1) is 11.4 Å². The highest BCUT2D eigenvalue weighted by Crippen LogP contribution is 2.35. The number of unbranched alkanes of at least 4 members (excludes halogenated alkanes) is 1. The third kappa shape index (κ3) is 2.75. The fourth-order valence-electron chi connectivity index (χ4n) is 2.18. The molecule has 4 N–H and O–H groups in total. The smallest absolute Gasteiger partial charge is 0.248 e. The first-order valence-corrected chi connectivity index (χ1v) is 6.59. The number of hydrogen-bond donors (Lipinski definition) is 2. The molecule has 1 aromatic carbocycles. The lowest BCUT2D eigenvalue weighted by molar-refractivity contribution is 0.100. The van der Waals surface area contributed by atoms with E-state index in [4.69, 9.17) is 11.5 Å². The summed E-state index contributed by atoms with van der Waals surface area (Å²) in [6.07, 6.45) is 4.80. The topological polar surface area (TPSA) is 72.3 Å². The minimum Gasteiger partial charge on any atom is -0.397 e. The minimum atomic E-state index is -0.431. The third-order valence-electron chi connectivity index (χ3n) is 3.36. The van der Waals surface area contributed by atoms with E-state index in [0.29, 0.717) is 17.3 Å². The van der Waals surface area contributed by atoms with Crippen molar-refractivity contribution in [3.05, 3.63) is 23.8 Å². The Hall–Kier alpha value is -1.71. The molecule has 0 atom stereocenters. The van der Waals surface area contributed by atoms with Gasteiger partial charge in [0.25, 0.3) is 0 Å². The van der Waals surface area contributed by atoms with Crippen LogP contribution in [-0.4, -0.2) is 18.5 Å². The van der Waals surface area contributed by atoms with Gasteiger partial charge in [0, 0.05) is 18.2 Å². The van der Waals surface area contributed by atoms with Gasteiger partial charge in [-0.2, -0.15) is 0 Å². The van der Waals surface area contributed by atoms with Crippen molar-refractivity contribution < 1.29 is 4.79 Å². The van der Waals surface area contributed by atoms with Crippen molar-refractivity contribution in [2.24, 2.45) is 5.73 Å². The molecule has 0 aliphatic heterocycles. The Balaban J connectivity index is 2.21. The van der Waals surface area contributed by atoms with E-state index in [2.05, 4.69) is 11.8 Å². The molecular formula is C14H21N3O. The summed E-state index contributed by atoms with van der Waals surface area (Å²) >= 11 is 0. The van der Waals surface area contributed by atoms with Gasteiger partial charge >= 0.3 is 0 Å². The fourth-order valence-corrected chi connectivity index (χ4v) is 2.18. The molecule has 1 fully saturated rings. The zero-order chi connectivity index (χ0) is 13.1. The molecule has 4 nitrogen and oxygen atoms in total. The van der Waals surface area contributed by atoms with Gasteiger partial charge in [0.15, 0.2) is 0 Å². The molecule has 1 aliphatic rings. The number of rotatable bonds is 6. The number of carbonyl (C=O) groups is 1. The lowest BCUT2D eigenvalue weighted by Crippen LogP contribution is -2.27. The van der Waals surface area contributed by atoms with Crippen LogP contribution >= 0.6 is 0 Å². The van der Waals surface area contributed by atoms with Gasteiger partial charge in [0.1, 0.15) is 0 Å².